The van der Waals surface area contributed by atoms with Crippen molar-refractivity contribution < 1.29 is 14.4 Å². The van der Waals surface area contributed by atoms with Crippen molar-refractivity contribution in [3.05, 3.63) is 0 Å². The molecule has 21 heavy (non-hydrogen) atoms. The molecule has 2 aliphatic heterocycles. The lowest BCUT2D eigenvalue weighted by molar-refractivity contribution is -0.156. The van der Waals surface area contributed by atoms with Gasteiger partial charge >= 0.3 is 11.8 Å². The van der Waals surface area contributed by atoms with Gasteiger partial charge in [-0.25, -0.2) is 0 Å². The number of amides is 3. The highest BCUT2D eigenvalue weighted by atomic mass is 16.2. The van der Waals surface area contributed by atoms with Gasteiger partial charge < -0.3 is 20.4 Å². The van der Waals surface area contributed by atoms with Crippen LogP contribution in [0.4, 0.5) is 0 Å². The van der Waals surface area contributed by atoms with Gasteiger partial charge in [-0.1, -0.05) is 0 Å². The number of piperazine rings is 1. The van der Waals surface area contributed by atoms with Crippen LogP contribution in [0, 0.1) is 5.92 Å². The van der Waals surface area contributed by atoms with Crippen molar-refractivity contribution in [2.24, 2.45) is 5.92 Å². The predicted octanol–water partition coefficient (Wildman–Crippen LogP) is -1.21. The van der Waals surface area contributed by atoms with E-state index in [-0.39, 0.29) is 12.5 Å². The van der Waals surface area contributed by atoms with E-state index in [2.05, 4.69) is 10.6 Å². The summed E-state index contributed by atoms with van der Waals surface area (Å²) in [5.41, 5.74) is 0. The van der Waals surface area contributed by atoms with Crippen LogP contribution in [0.15, 0.2) is 0 Å². The van der Waals surface area contributed by atoms with E-state index in [0.717, 1.165) is 25.9 Å². The van der Waals surface area contributed by atoms with Crippen LogP contribution in [0.25, 0.3) is 0 Å². The van der Waals surface area contributed by atoms with Crippen molar-refractivity contribution in [2.45, 2.75) is 19.8 Å². The first-order valence-corrected chi connectivity index (χ1v) is 7.67. The molecule has 0 aromatic rings. The van der Waals surface area contributed by atoms with Gasteiger partial charge in [0.15, 0.2) is 0 Å². The van der Waals surface area contributed by atoms with Gasteiger partial charge in [-0.3, -0.25) is 14.4 Å². The lowest BCUT2D eigenvalue weighted by Gasteiger charge is -2.32. The second-order valence-corrected chi connectivity index (χ2v) is 5.61. The maximum atomic E-state index is 11.9. The summed E-state index contributed by atoms with van der Waals surface area (Å²) in [5, 5.41) is 6.12. The Morgan fingerprint density at radius 1 is 1.29 bits per heavy atom. The van der Waals surface area contributed by atoms with Gasteiger partial charge in [0, 0.05) is 26.2 Å². The third-order valence-electron chi connectivity index (χ3n) is 4.15. The molecule has 7 heteroatoms. The highest BCUT2D eigenvalue weighted by Crippen LogP contribution is 2.10. The van der Waals surface area contributed by atoms with Gasteiger partial charge in [-0.15, -0.1) is 0 Å². The summed E-state index contributed by atoms with van der Waals surface area (Å²) in [4.78, 5) is 38.3. The van der Waals surface area contributed by atoms with Crippen LogP contribution >= 0.6 is 0 Å². The van der Waals surface area contributed by atoms with Crippen LogP contribution in [-0.2, 0) is 14.4 Å². The Kier molecular flexibility index (Phi) is 5.55. The summed E-state index contributed by atoms with van der Waals surface area (Å²) < 4.78 is 0. The van der Waals surface area contributed by atoms with E-state index in [0.29, 0.717) is 32.1 Å². The molecule has 0 spiro atoms. The molecule has 2 aliphatic rings. The van der Waals surface area contributed by atoms with Crippen molar-refractivity contribution in [3.8, 4) is 0 Å². The fourth-order valence-corrected chi connectivity index (χ4v) is 2.77. The molecule has 2 fully saturated rings. The minimum Gasteiger partial charge on any atom is -0.355 e. The zero-order valence-electron chi connectivity index (χ0n) is 12.6. The van der Waals surface area contributed by atoms with Crippen molar-refractivity contribution >= 4 is 17.7 Å². The Bertz CT molecular complexity index is 407. The third kappa shape index (κ3) is 4.17. The summed E-state index contributed by atoms with van der Waals surface area (Å²) in [7, 11) is 0. The normalized spacial score (nSPS) is 22.8. The van der Waals surface area contributed by atoms with E-state index >= 15 is 0 Å². The minimum atomic E-state index is -0.571. The number of nitrogens with zero attached hydrogens (tertiary/aromatic N) is 2. The average Bonchev–Trinajstić information content (AvgIpc) is 2.97. The summed E-state index contributed by atoms with van der Waals surface area (Å²) >= 11 is 0. The molecule has 0 radical (unpaired) electrons. The number of carbonyl (C=O) groups excluding carboxylic acids is 3. The molecular weight excluding hydrogens is 272 g/mol. The van der Waals surface area contributed by atoms with E-state index in [1.54, 1.807) is 0 Å². The fourth-order valence-electron chi connectivity index (χ4n) is 2.77. The van der Waals surface area contributed by atoms with Crippen molar-refractivity contribution in [1.29, 1.82) is 0 Å². The summed E-state index contributed by atoms with van der Waals surface area (Å²) in [6.45, 7) is 5.97. The standard InChI is InChI=1S/C14H24N4O3/c1-2-17-7-8-18(14(21)13(17)20)10-12(19)16-6-4-11-3-5-15-9-11/h11,15H,2-10H2,1H3,(H,16,19). The van der Waals surface area contributed by atoms with Crippen LogP contribution in [0.2, 0.25) is 0 Å². The van der Waals surface area contributed by atoms with Crippen LogP contribution in [-0.4, -0.2) is 73.3 Å². The molecule has 2 heterocycles. The van der Waals surface area contributed by atoms with Crippen molar-refractivity contribution in [2.75, 3.05) is 45.8 Å². The Hall–Kier alpha value is -1.63. The number of nitrogens with one attached hydrogen (secondary N) is 2. The van der Waals surface area contributed by atoms with Gasteiger partial charge in [0.1, 0.15) is 6.54 Å². The van der Waals surface area contributed by atoms with Gasteiger partial charge in [-0.05, 0) is 38.8 Å². The summed E-state index contributed by atoms with van der Waals surface area (Å²) in [6.07, 6.45) is 2.11. The number of hydrogen-bond donors (Lipinski definition) is 2. The molecule has 0 aromatic carbocycles. The molecule has 0 aromatic heterocycles. The molecule has 1 unspecified atom stereocenters. The zero-order chi connectivity index (χ0) is 15.2. The van der Waals surface area contributed by atoms with Gasteiger partial charge in [0.2, 0.25) is 5.91 Å². The molecular formula is C14H24N4O3. The number of rotatable bonds is 6. The molecule has 2 saturated heterocycles. The van der Waals surface area contributed by atoms with E-state index in [1.165, 1.54) is 9.80 Å². The highest BCUT2D eigenvalue weighted by Gasteiger charge is 2.32. The van der Waals surface area contributed by atoms with Crippen LogP contribution in [0.3, 0.4) is 0 Å². The smallest absolute Gasteiger partial charge is 0.312 e. The van der Waals surface area contributed by atoms with Gasteiger partial charge in [-0.2, -0.15) is 0 Å². The molecule has 2 rings (SSSR count). The average molecular weight is 296 g/mol. The Morgan fingerprint density at radius 3 is 2.67 bits per heavy atom. The largest absolute Gasteiger partial charge is 0.355 e. The van der Waals surface area contributed by atoms with Gasteiger partial charge in [0.25, 0.3) is 0 Å². The first-order chi connectivity index (χ1) is 10.1. The molecule has 118 valence electrons. The number of carbonyl (C=O) groups is 3. The van der Waals surface area contributed by atoms with E-state index in [9.17, 15) is 14.4 Å². The molecule has 0 aliphatic carbocycles. The molecule has 7 nitrogen and oxygen atoms in total. The SMILES string of the molecule is CCN1CCN(CC(=O)NCCC2CCNC2)C(=O)C1=O. The second-order valence-electron chi connectivity index (χ2n) is 5.61. The quantitative estimate of drug-likeness (QED) is 0.603. The molecule has 2 N–H and O–H groups in total. The molecule has 0 saturated carbocycles. The molecule has 3 amide bonds. The van der Waals surface area contributed by atoms with Gasteiger partial charge in [0.05, 0.1) is 0 Å². The topological polar surface area (TPSA) is 81.8 Å². The first kappa shape index (κ1) is 15.8. The summed E-state index contributed by atoms with van der Waals surface area (Å²) in [5.74, 6) is -0.638. The molecule has 0 bridgehead atoms. The monoisotopic (exact) mass is 296 g/mol. The van der Waals surface area contributed by atoms with E-state index in [4.69, 9.17) is 0 Å². The Balaban J connectivity index is 1.69. The number of hydrogen-bond acceptors (Lipinski definition) is 4. The Morgan fingerprint density at radius 2 is 2.00 bits per heavy atom. The lowest BCUT2D eigenvalue weighted by atomic mass is 10.1. The zero-order valence-corrected chi connectivity index (χ0v) is 12.6. The second kappa shape index (κ2) is 7.40. The maximum Gasteiger partial charge on any atom is 0.312 e. The van der Waals surface area contributed by atoms with Crippen LogP contribution in [0.1, 0.15) is 19.8 Å². The Labute approximate surface area is 125 Å². The first-order valence-electron chi connectivity index (χ1n) is 7.67. The van der Waals surface area contributed by atoms with E-state index in [1.807, 2.05) is 6.92 Å². The van der Waals surface area contributed by atoms with E-state index < -0.39 is 11.8 Å². The third-order valence-corrected chi connectivity index (χ3v) is 4.15. The summed E-state index contributed by atoms with van der Waals surface area (Å²) in [6, 6.07) is 0. The van der Waals surface area contributed by atoms with Crippen LogP contribution < -0.4 is 10.6 Å². The number of likely N-dealkylation sites (N-methyl/N-ethyl adjacent to an activating group) is 1. The van der Waals surface area contributed by atoms with Crippen molar-refractivity contribution in [3.63, 3.8) is 0 Å². The van der Waals surface area contributed by atoms with Crippen LogP contribution in [0.5, 0.6) is 0 Å². The predicted molar refractivity (Wildman–Crippen MR) is 77.4 cm³/mol. The highest BCUT2D eigenvalue weighted by molar-refractivity contribution is 6.35. The fraction of sp³-hybridized carbons (Fsp3) is 0.786. The lowest BCUT2D eigenvalue weighted by Crippen LogP contribution is -2.56. The minimum absolute atomic E-state index is 0.0228. The molecule has 1 atom stereocenters. The maximum absolute atomic E-state index is 11.9. The van der Waals surface area contributed by atoms with Crippen molar-refractivity contribution in [1.82, 2.24) is 20.4 Å².